The van der Waals surface area contributed by atoms with Crippen molar-refractivity contribution in [3.63, 3.8) is 0 Å². The molecule has 0 bridgehead atoms. The van der Waals surface area contributed by atoms with Crippen LogP contribution in [0.3, 0.4) is 0 Å². The van der Waals surface area contributed by atoms with E-state index in [1.807, 2.05) is 32.0 Å². The minimum absolute atomic E-state index is 0.118. The minimum atomic E-state index is -0.992. The summed E-state index contributed by atoms with van der Waals surface area (Å²) < 4.78 is 13.1. The van der Waals surface area contributed by atoms with Crippen LogP contribution >= 0.6 is 11.6 Å². The van der Waals surface area contributed by atoms with E-state index in [2.05, 4.69) is 4.98 Å². The lowest BCUT2D eigenvalue weighted by Gasteiger charge is -2.21. The SMILES string of the molecule is CCC(Cl)c1nc2ccccc2c(=O)n1C(C)CS(C)=O. The van der Waals surface area contributed by atoms with E-state index in [9.17, 15) is 9.00 Å². The Labute approximate surface area is 131 Å². The molecule has 0 aliphatic carbocycles. The Balaban J connectivity index is 2.72. The number of aromatic nitrogens is 2. The van der Waals surface area contributed by atoms with Crippen molar-refractivity contribution >= 4 is 33.3 Å². The minimum Gasteiger partial charge on any atom is -0.291 e. The Bertz CT molecular complexity index is 729. The molecule has 0 aliphatic rings. The highest BCUT2D eigenvalue weighted by molar-refractivity contribution is 7.84. The van der Waals surface area contributed by atoms with Crippen molar-refractivity contribution in [2.75, 3.05) is 12.0 Å². The predicted molar refractivity (Wildman–Crippen MR) is 88.5 cm³/mol. The molecule has 6 heteroatoms. The number of benzene rings is 1. The molecule has 0 spiro atoms. The van der Waals surface area contributed by atoms with Crippen molar-refractivity contribution < 1.29 is 4.21 Å². The molecule has 4 nitrogen and oxygen atoms in total. The predicted octanol–water partition coefficient (Wildman–Crippen LogP) is 3.03. The van der Waals surface area contributed by atoms with Crippen molar-refractivity contribution in [3.05, 3.63) is 40.4 Å². The summed E-state index contributed by atoms with van der Waals surface area (Å²) in [7, 11) is -0.992. The molecule has 0 saturated carbocycles. The van der Waals surface area contributed by atoms with Crippen LogP contribution in [-0.2, 0) is 10.8 Å². The van der Waals surface area contributed by atoms with E-state index in [1.54, 1.807) is 16.9 Å². The highest BCUT2D eigenvalue weighted by Gasteiger charge is 2.21. The molecule has 0 amide bonds. The van der Waals surface area contributed by atoms with Crippen LogP contribution in [0.25, 0.3) is 10.9 Å². The second kappa shape index (κ2) is 6.71. The van der Waals surface area contributed by atoms with E-state index in [-0.39, 0.29) is 17.0 Å². The van der Waals surface area contributed by atoms with Gasteiger partial charge >= 0.3 is 0 Å². The summed E-state index contributed by atoms with van der Waals surface area (Å²) in [6.07, 6.45) is 2.31. The van der Waals surface area contributed by atoms with Gasteiger partial charge in [-0.1, -0.05) is 19.1 Å². The zero-order chi connectivity index (χ0) is 15.6. The molecule has 0 N–H and O–H groups in total. The first kappa shape index (κ1) is 16.2. The zero-order valence-electron chi connectivity index (χ0n) is 12.4. The standard InChI is InChI=1S/C15H19ClN2O2S/c1-4-12(16)14-17-13-8-6-5-7-11(13)15(19)18(14)10(2)9-21(3)20/h5-8,10,12H,4,9H2,1-3H3. The molecule has 21 heavy (non-hydrogen) atoms. The van der Waals surface area contributed by atoms with Gasteiger partial charge < -0.3 is 0 Å². The molecule has 1 aromatic carbocycles. The molecule has 0 saturated heterocycles. The smallest absolute Gasteiger partial charge is 0.261 e. The van der Waals surface area contributed by atoms with Gasteiger partial charge in [-0.15, -0.1) is 11.6 Å². The fourth-order valence-corrected chi connectivity index (χ4v) is 3.39. The Morgan fingerprint density at radius 2 is 2.05 bits per heavy atom. The molecule has 114 valence electrons. The van der Waals surface area contributed by atoms with Crippen LogP contribution in [0.2, 0.25) is 0 Å². The molecule has 3 atom stereocenters. The van der Waals surface area contributed by atoms with Gasteiger partial charge in [0.1, 0.15) is 5.82 Å². The number of rotatable bonds is 5. The van der Waals surface area contributed by atoms with Gasteiger partial charge in [-0.3, -0.25) is 13.6 Å². The number of fused-ring (bicyclic) bond motifs is 1. The van der Waals surface area contributed by atoms with Gasteiger partial charge in [0.15, 0.2) is 0 Å². The average Bonchev–Trinajstić information content (AvgIpc) is 2.45. The molecule has 0 aliphatic heterocycles. The van der Waals surface area contributed by atoms with Gasteiger partial charge in [0.25, 0.3) is 5.56 Å². The molecule has 1 aromatic heterocycles. The highest BCUT2D eigenvalue weighted by atomic mass is 35.5. The number of halogens is 1. The number of nitrogens with zero attached hydrogens (tertiary/aromatic N) is 2. The largest absolute Gasteiger partial charge is 0.291 e. The van der Waals surface area contributed by atoms with Crippen LogP contribution in [0.4, 0.5) is 0 Å². The maximum Gasteiger partial charge on any atom is 0.261 e. The lowest BCUT2D eigenvalue weighted by Crippen LogP contribution is -2.31. The summed E-state index contributed by atoms with van der Waals surface area (Å²) in [6, 6.07) is 7.03. The van der Waals surface area contributed by atoms with Gasteiger partial charge in [0, 0.05) is 28.9 Å². The van der Waals surface area contributed by atoms with Gasteiger partial charge in [-0.05, 0) is 25.5 Å². The summed E-state index contributed by atoms with van der Waals surface area (Å²) in [5, 5.41) is 0.227. The van der Waals surface area contributed by atoms with Crippen LogP contribution in [0.15, 0.2) is 29.1 Å². The fourth-order valence-electron chi connectivity index (χ4n) is 2.41. The third-order valence-corrected chi connectivity index (χ3v) is 4.85. The number of para-hydroxylation sites is 1. The molecule has 2 rings (SSSR count). The van der Waals surface area contributed by atoms with Crippen molar-refractivity contribution in [1.82, 2.24) is 9.55 Å². The normalized spacial score (nSPS) is 15.8. The zero-order valence-corrected chi connectivity index (χ0v) is 13.9. The maximum absolute atomic E-state index is 12.8. The number of hydrogen-bond donors (Lipinski definition) is 0. The van der Waals surface area contributed by atoms with E-state index in [0.29, 0.717) is 28.9 Å². The van der Waals surface area contributed by atoms with Crippen LogP contribution < -0.4 is 5.56 Å². The molecular formula is C15H19ClN2O2S. The van der Waals surface area contributed by atoms with Gasteiger partial charge in [0.05, 0.1) is 16.3 Å². The van der Waals surface area contributed by atoms with Crippen LogP contribution in [0, 0.1) is 0 Å². The first-order chi connectivity index (χ1) is 9.95. The Morgan fingerprint density at radius 1 is 1.38 bits per heavy atom. The van der Waals surface area contributed by atoms with E-state index >= 15 is 0 Å². The lowest BCUT2D eigenvalue weighted by molar-refractivity contribution is 0.533. The van der Waals surface area contributed by atoms with E-state index in [1.165, 1.54) is 0 Å². The molecule has 3 unspecified atom stereocenters. The topological polar surface area (TPSA) is 52.0 Å². The highest BCUT2D eigenvalue weighted by Crippen LogP contribution is 2.25. The summed E-state index contributed by atoms with van der Waals surface area (Å²) >= 11 is 6.35. The van der Waals surface area contributed by atoms with Gasteiger partial charge in [-0.2, -0.15) is 0 Å². The van der Waals surface area contributed by atoms with E-state index in [4.69, 9.17) is 11.6 Å². The summed E-state index contributed by atoms with van der Waals surface area (Å²) in [6.45, 7) is 3.83. The molecule has 0 fully saturated rings. The Kier molecular flexibility index (Phi) is 5.17. The molecule has 0 radical (unpaired) electrons. The Hall–Kier alpha value is -1.20. The second-order valence-corrected chi connectivity index (χ2v) is 7.13. The third-order valence-electron chi connectivity index (χ3n) is 3.39. The monoisotopic (exact) mass is 326 g/mol. The summed E-state index contributed by atoms with van der Waals surface area (Å²) in [5.74, 6) is 0.959. The Morgan fingerprint density at radius 3 is 2.67 bits per heavy atom. The first-order valence-corrected chi connectivity index (χ1v) is 9.07. The van der Waals surface area contributed by atoms with Crippen LogP contribution in [-0.4, -0.2) is 25.8 Å². The third kappa shape index (κ3) is 3.35. The number of alkyl halides is 1. The quantitative estimate of drug-likeness (QED) is 0.794. The number of hydrogen-bond acceptors (Lipinski definition) is 3. The molecule has 1 heterocycles. The summed E-state index contributed by atoms with van der Waals surface area (Å²) in [4.78, 5) is 17.3. The summed E-state index contributed by atoms with van der Waals surface area (Å²) in [5.41, 5.74) is 0.533. The second-order valence-electron chi connectivity index (χ2n) is 5.13. The van der Waals surface area contributed by atoms with Gasteiger partial charge in [0.2, 0.25) is 0 Å². The van der Waals surface area contributed by atoms with Crippen molar-refractivity contribution in [2.45, 2.75) is 31.7 Å². The van der Waals surface area contributed by atoms with Crippen molar-refractivity contribution in [2.24, 2.45) is 0 Å². The first-order valence-electron chi connectivity index (χ1n) is 6.91. The van der Waals surface area contributed by atoms with E-state index in [0.717, 1.165) is 0 Å². The van der Waals surface area contributed by atoms with Crippen LogP contribution in [0.5, 0.6) is 0 Å². The van der Waals surface area contributed by atoms with Crippen molar-refractivity contribution in [3.8, 4) is 0 Å². The van der Waals surface area contributed by atoms with Crippen molar-refractivity contribution in [1.29, 1.82) is 0 Å². The fraction of sp³-hybridized carbons (Fsp3) is 0.467. The lowest BCUT2D eigenvalue weighted by atomic mass is 10.2. The molecule has 2 aromatic rings. The average molecular weight is 327 g/mol. The van der Waals surface area contributed by atoms with Crippen LogP contribution in [0.1, 0.15) is 37.5 Å². The van der Waals surface area contributed by atoms with E-state index < -0.39 is 10.8 Å². The van der Waals surface area contributed by atoms with Gasteiger partial charge in [-0.25, -0.2) is 4.98 Å². The molecular weight excluding hydrogens is 308 g/mol. The maximum atomic E-state index is 12.8.